The molecular weight excluding hydrogens is 202 g/mol. The molecule has 0 fully saturated rings. The molecule has 0 atom stereocenters. The molecule has 0 unspecified atom stereocenters. The zero-order valence-corrected chi connectivity index (χ0v) is 7.13. The lowest BCUT2D eigenvalue weighted by Gasteiger charge is -2.08. The van der Waals surface area contributed by atoms with Crippen molar-refractivity contribution in [3.05, 3.63) is 35.4 Å². The molecule has 0 aromatic heterocycles. The lowest BCUT2D eigenvalue weighted by Crippen LogP contribution is -2.03. The van der Waals surface area contributed by atoms with Crippen molar-refractivity contribution >= 4 is 11.6 Å². The highest BCUT2D eigenvalue weighted by Gasteiger charge is 2.09. The lowest BCUT2D eigenvalue weighted by molar-refractivity contribution is -0.0503. The van der Waals surface area contributed by atoms with Crippen LogP contribution in [0.2, 0.25) is 5.02 Å². The summed E-state index contributed by atoms with van der Waals surface area (Å²) in [6.07, 6.45) is 0. The van der Waals surface area contributed by atoms with Crippen molar-refractivity contribution < 1.29 is 18.6 Å². The number of aliphatic hydroxyl groups is 1. The topological polar surface area (TPSA) is 29.5 Å². The minimum Gasteiger partial charge on any atom is -0.434 e. The average Bonchev–Trinajstić information content (AvgIpc) is 2.07. The molecule has 1 radical (unpaired) electrons. The molecule has 0 saturated carbocycles. The second kappa shape index (κ2) is 4.39. The van der Waals surface area contributed by atoms with Crippen LogP contribution < -0.4 is 4.74 Å². The monoisotopic (exact) mass is 207 g/mol. The fourth-order valence-electron chi connectivity index (χ4n) is 0.824. The third kappa shape index (κ3) is 2.82. The number of hydrogen-bond acceptors (Lipinski definition) is 2. The number of benzene rings is 1. The number of alkyl halides is 2. The van der Waals surface area contributed by atoms with Gasteiger partial charge in [0.15, 0.2) is 0 Å². The zero-order valence-electron chi connectivity index (χ0n) is 6.38. The van der Waals surface area contributed by atoms with Crippen LogP contribution in [0.5, 0.6) is 5.75 Å². The lowest BCUT2D eigenvalue weighted by atomic mass is 10.2. The van der Waals surface area contributed by atoms with Gasteiger partial charge in [0.05, 0.1) is 0 Å². The molecule has 71 valence electrons. The first-order valence-corrected chi connectivity index (χ1v) is 3.73. The van der Waals surface area contributed by atoms with Crippen molar-refractivity contribution in [1.29, 1.82) is 0 Å². The zero-order chi connectivity index (χ0) is 9.84. The van der Waals surface area contributed by atoms with Crippen molar-refractivity contribution in [3.63, 3.8) is 0 Å². The Morgan fingerprint density at radius 2 is 2.15 bits per heavy atom. The van der Waals surface area contributed by atoms with E-state index in [0.717, 1.165) is 0 Å². The first kappa shape index (κ1) is 10.2. The van der Waals surface area contributed by atoms with Gasteiger partial charge in [0.1, 0.15) is 12.4 Å². The summed E-state index contributed by atoms with van der Waals surface area (Å²) in [7, 11) is 0. The molecule has 0 saturated heterocycles. The molecule has 1 aromatic carbocycles. The predicted octanol–water partition coefficient (Wildman–Crippen LogP) is 2.82. The maximum absolute atomic E-state index is 11.8. The summed E-state index contributed by atoms with van der Waals surface area (Å²) in [6.45, 7) is -2.26. The first-order valence-electron chi connectivity index (χ1n) is 3.35. The third-order valence-electron chi connectivity index (χ3n) is 1.33. The van der Waals surface area contributed by atoms with E-state index in [9.17, 15) is 8.78 Å². The van der Waals surface area contributed by atoms with Gasteiger partial charge < -0.3 is 9.84 Å². The van der Waals surface area contributed by atoms with Gasteiger partial charge in [-0.3, -0.25) is 0 Å². The smallest absolute Gasteiger partial charge is 0.387 e. The first-order chi connectivity index (χ1) is 6.13. The Hall–Kier alpha value is -0.870. The summed E-state index contributed by atoms with van der Waals surface area (Å²) in [5, 5.41) is 8.98. The van der Waals surface area contributed by atoms with Crippen LogP contribution in [0.25, 0.3) is 0 Å². The Balaban J connectivity index is 2.92. The normalized spacial score (nSPS) is 10.5. The highest BCUT2D eigenvalue weighted by molar-refractivity contribution is 6.30. The number of rotatable bonds is 3. The molecule has 0 bridgehead atoms. The van der Waals surface area contributed by atoms with Crippen LogP contribution in [0.3, 0.4) is 0 Å². The number of halogens is 3. The van der Waals surface area contributed by atoms with Crippen LogP contribution in [0, 0.1) is 6.61 Å². The Morgan fingerprint density at radius 1 is 1.46 bits per heavy atom. The molecule has 0 amide bonds. The minimum atomic E-state index is -2.92. The SMILES string of the molecule is O[CH]c1cc(Cl)ccc1OC(F)F. The van der Waals surface area contributed by atoms with E-state index in [1.165, 1.54) is 18.2 Å². The van der Waals surface area contributed by atoms with Gasteiger partial charge in [0.2, 0.25) is 0 Å². The van der Waals surface area contributed by atoms with Gasteiger partial charge in [0, 0.05) is 10.6 Å². The van der Waals surface area contributed by atoms with Gasteiger partial charge >= 0.3 is 6.61 Å². The van der Waals surface area contributed by atoms with Gasteiger partial charge in [-0.25, -0.2) is 0 Å². The summed E-state index contributed by atoms with van der Waals surface area (Å²) < 4.78 is 27.7. The summed E-state index contributed by atoms with van der Waals surface area (Å²) in [5.41, 5.74) is 0.118. The Bertz CT molecular complexity index is 291. The van der Waals surface area contributed by atoms with Crippen LogP contribution >= 0.6 is 11.6 Å². The fraction of sp³-hybridized carbons (Fsp3) is 0.125. The second-order valence-electron chi connectivity index (χ2n) is 2.19. The molecule has 2 nitrogen and oxygen atoms in total. The third-order valence-corrected chi connectivity index (χ3v) is 1.56. The van der Waals surface area contributed by atoms with Crippen molar-refractivity contribution in [2.45, 2.75) is 6.61 Å². The van der Waals surface area contributed by atoms with E-state index in [2.05, 4.69) is 4.74 Å². The van der Waals surface area contributed by atoms with E-state index in [4.69, 9.17) is 16.7 Å². The maximum Gasteiger partial charge on any atom is 0.387 e. The van der Waals surface area contributed by atoms with Gasteiger partial charge in [-0.05, 0) is 18.2 Å². The summed E-state index contributed by atoms with van der Waals surface area (Å²) in [5.74, 6) is -0.109. The van der Waals surface area contributed by atoms with E-state index in [1.54, 1.807) is 0 Å². The Labute approximate surface area is 78.7 Å². The molecule has 13 heavy (non-hydrogen) atoms. The van der Waals surface area contributed by atoms with Crippen molar-refractivity contribution in [2.24, 2.45) is 0 Å². The quantitative estimate of drug-likeness (QED) is 0.826. The van der Waals surface area contributed by atoms with Crippen molar-refractivity contribution in [3.8, 4) is 5.75 Å². The molecule has 1 rings (SSSR count). The summed E-state index contributed by atoms with van der Waals surface area (Å²) >= 11 is 5.56. The highest BCUT2D eigenvalue weighted by Crippen LogP contribution is 2.24. The van der Waals surface area contributed by atoms with E-state index >= 15 is 0 Å². The Kier molecular flexibility index (Phi) is 3.45. The second-order valence-corrected chi connectivity index (χ2v) is 2.63. The summed E-state index contributed by atoms with van der Waals surface area (Å²) in [4.78, 5) is 0. The molecule has 1 N–H and O–H groups in total. The maximum atomic E-state index is 11.8. The fourth-order valence-corrected chi connectivity index (χ4v) is 1.00. The predicted molar refractivity (Wildman–Crippen MR) is 43.4 cm³/mol. The molecule has 5 heteroatoms. The van der Waals surface area contributed by atoms with Crippen LogP contribution in [0.15, 0.2) is 18.2 Å². The summed E-state index contributed by atoms with van der Waals surface area (Å²) in [6, 6.07) is 3.97. The van der Waals surface area contributed by atoms with Crippen molar-refractivity contribution in [2.75, 3.05) is 0 Å². The number of ether oxygens (including phenoxy) is 1. The molecule has 0 aliphatic carbocycles. The van der Waals surface area contributed by atoms with Gasteiger partial charge in [0.25, 0.3) is 0 Å². The molecule has 1 aromatic rings. The van der Waals surface area contributed by atoms with Gasteiger partial charge in [-0.1, -0.05) is 11.6 Å². The van der Waals surface area contributed by atoms with Gasteiger partial charge in [-0.2, -0.15) is 8.78 Å². The molecule has 0 aliphatic rings. The standard InChI is InChI=1S/C8H6ClF2O2/c9-6-1-2-7(13-8(10)11)5(3-6)4-12/h1-4,8,12H. The van der Waals surface area contributed by atoms with Gasteiger partial charge in [-0.15, -0.1) is 0 Å². The highest BCUT2D eigenvalue weighted by atomic mass is 35.5. The number of hydrogen-bond donors (Lipinski definition) is 1. The van der Waals surface area contributed by atoms with Crippen LogP contribution in [0.4, 0.5) is 8.78 Å². The minimum absolute atomic E-state index is 0.109. The van der Waals surface area contributed by atoms with Crippen LogP contribution in [-0.4, -0.2) is 11.7 Å². The van der Waals surface area contributed by atoms with E-state index in [-0.39, 0.29) is 11.3 Å². The van der Waals surface area contributed by atoms with Crippen LogP contribution in [-0.2, 0) is 0 Å². The van der Waals surface area contributed by atoms with Crippen molar-refractivity contribution in [1.82, 2.24) is 0 Å². The van der Waals surface area contributed by atoms with E-state index in [0.29, 0.717) is 11.6 Å². The molecule has 0 heterocycles. The largest absolute Gasteiger partial charge is 0.434 e. The molecule has 0 spiro atoms. The van der Waals surface area contributed by atoms with Crippen LogP contribution in [0.1, 0.15) is 5.56 Å². The molecular formula is C8H6ClF2O2. The number of aliphatic hydroxyl groups excluding tert-OH is 1. The van der Waals surface area contributed by atoms with E-state index < -0.39 is 6.61 Å². The molecule has 0 aliphatic heterocycles. The average molecular weight is 208 g/mol. The van der Waals surface area contributed by atoms with E-state index in [1.807, 2.05) is 0 Å². The Morgan fingerprint density at radius 3 is 2.69 bits per heavy atom.